The number of carbonyl (C=O) groups is 5. The topological polar surface area (TPSA) is 208 Å². The van der Waals surface area contributed by atoms with E-state index in [4.69, 9.17) is 10.8 Å². The van der Waals surface area contributed by atoms with Gasteiger partial charge in [0.25, 0.3) is 0 Å². The summed E-state index contributed by atoms with van der Waals surface area (Å²) in [6, 6.07) is 0.987. The van der Waals surface area contributed by atoms with E-state index < -0.39 is 60.2 Å². The number of phenolic OH excluding ortho intramolecular Hbond substituents is 1. The molecule has 0 saturated carbocycles. The van der Waals surface area contributed by atoms with Crippen LogP contribution >= 0.6 is 12.6 Å². The number of benzene rings is 1. The summed E-state index contributed by atoms with van der Waals surface area (Å²) in [4.78, 5) is 59.6. The third-order valence-electron chi connectivity index (χ3n) is 4.50. The number of nitrogens with one attached hydrogen (secondary N) is 3. The Labute approximate surface area is 195 Å². The zero-order valence-corrected chi connectivity index (χ0v) is 18.7. The molecule has 8 N–H and O–H groups in total. The smallest absolute Gasteiger partial charge is 0.326 e. The summed E-state index contributed by atoms with van der Waals surface area (Å²) in [6.45, 7) is 1.42. The Hall–Kier alpha value is -3.32. The van der Waals surface area contributed by atoms with E-state index in [1.165, 1.54) is 31.2 Å². The highest BCUT2D eigenvalue weighted by molar-refractivity contribution is 7.80. The van der Waals surface area contributed by atoms with E-state index >= 15 is 0 Å². The minimum absolute atomic E-state index is 0.0165. The molecule has 1 aromatic rings. The van der Waals surface area contributed by atoms with E-state index in [2.05, 4.69) is 28.6 Å². The van der Waals surface area contributed by atoms with E-state index in [0.29, 0.717) is 5.56 Å². The molecule has 0 aliphatic carbocycles. The number of aromatic hydroxyl groups is 1. The predicted molar refractivity (Wildman–Crippen MR) is 120 cm³/mol. The quantitative estimate of drug-likeness (QED) is 0.155. The Morgan fingerprint density at radius 1 is 0.909 bits per heavy atom. The van der Waals surface area contributed by atoms with E-state index in [-0.39, 0.29) is 24.3 Å². The second-order valence-corrected chi connectivity index (χ2v) is 7.66. The van der Waals surface area contributed by atoms with Crippen LogP contribution in [0.5, 0.6) is 5.75 Å². The van der Waals surface area contributed by atoms with Gasteiger partial charge in [-0.15, -0.1) is 0 Å². The fourth-order valence-electron chi connectivity index (χ4n) is 2.64. The number of nitrogens with two attached hydrogens (primary N) is 1. The Bertz CT molecular complexity index is 862. The van der Waals surface area contributed by atoms with Crippen molar-refractivity contribution < 1.29 is 39.3 Å². The van der Waals surface area contributed by atoms with Crippen LogP contribution in [0.2, 0.25) is 0 Å². The molecular formula is C20H28N4O8S. The Morgan fingerprint density at radius 2 is 1.42 bits per heavy atom. The van der Waals surface area contributed by atoms with Crippen molar-refractivity contribution >= 4 is 42.3 Å². The van der Waals surface area contributed by atoms with Crippen LogP contribution < -0.4 is 21.7 Å². The number of carboxylic acids is 2. The number of amides is 3. The summed E-state index contributed by atoms with van der Waals surface area (Å²) in [5.74, 6) is -5.02. The van der Waals surface area contributed by atoms with Gasteiger partial charge in [0, 0.05) is 18.6 Å². The van der Waals surface area contributed by atoms with Gasteiger partial charge in [-0.25, -0.2) is 4.79 Å². The van der Waals surface area contributed by atoms with Crippen LogP contribution in [0.1, 0.15) is 25.3 Å². The van der Waals surface area contributed by atoms with E-state index in [0.717, 1.165) is 0 Å². The van der Waals surface area contributed by atoms with Crippen molar-refractivity contribution in [3.8, 4) is 5.75 Å². The highest BCUT2D eigenvalue weighted by atomic mass is 32.1. The van der Waals surface area contributed by atoms with Gasteiger partial charge in [0.05, 0.1) is 6.04 Å². The lowest BCUT2D eigenvalue weighted by molar-refractivity contribution is -0.143. The molecule has 1 rings (SSSR count). The first-order valence-corrected chi connectivity index (χ1v) is 10.6. The lowest BCUT2D eigenvalue weighted by Gasteiger charge is -2.24. The van der Waals surface area contributed by atoms with Gasteiger partial charge in [0.1, 0.15) is 23.9 Å². The molecule has 33 heavy (non-hydrogen) atoms. The molecule has 4 unspecified atom stereocenters. The van der Waals surface area contributed by atoms with Gasteiger partial charge in [0.2, 0.25) is 17.7 Å². The molecule has 0 heterocycles. The lowest BCUT2D eigenvalue weighted by Crippen LogP contribution is -2.58. The SMILES string of the molecule is CC(N)C(=O)NC(CS)C(=O)NC(Cc1ccc(O)cc1)C(=O)NC(CCC(=O)O)C(=O)O. The number of phenols is 1. The second-order valence-electron chi connectivity index (χ2n) is 7.30. The van der Waals surface area contributed by atoms with Crippen molar-refractivity contribution in [1.29, 1.82) is 0 Å². The average molecular weight is 485 g/mol. The molecule has 0 aromatic heterocycles. The molecule has 1 aromatic carbocycles. The third kappa shape index (κ3) is 9.78. The maximum atomic E-state index is 12.8. The van der Waals surface area contributed by atoms with E-state index in [9.17, 15) is 34.2 Å². The molecule has 0 spiro atoms. The number of aliphatic carboxylic acids is 2. The van der Waals surface area contributed by atoms with Gasteiger partial charge in [0.15, 0.2) is 0 Å². The highest BCUT2D eigenvalue weighted by Crippen LogP contribution is 2.12. The fraction of sp³-hybridized carbons (Fsp3) is 0.450. The zero-order chi connectivity index (χ0) is 25.1. The van der Waals surface area contributed by atoms with Crippen LogP contribution in [-0.2, 0) is 30.4 Å². The van der Waals surface area contributed by atoms with Crippen LogP contribution in [-0.4, -0.2) is 74.9 Å². The van der Waals surface area contributed by atoms with E-state index in [1.54, 1.807) is 0 Å². The minimum atomic E-state index is -1.49. The summed E-state index contributed by atoms with van der Waals surface area (Å²) >= 11 is 4.03. The van der Waals surface area contributed by atoms with Gasteiger partial charge in [-0.05, 0) is 31.0 Å². The second kappa shape index (κ2) is 13.3. The monoisotopic (exact) mass is 484 g/mol. The Kier molecular flexibility index (Phi) is 11.2. The van der Waals surface area contributed by atoms with Crippen LogP contribution in [0.15, 0.2) is 24.3 Å². The molecule has 0 radical (unpaired) electrons. The largest absolute Gasteiger partial charge is 0.508 e. The van der Waals surface area contributed by atoms with Gasteiger partial charge < -0.3 is 37.0 Å². The Morgan fingerprint density at radius 3 is 1.91 bits per heavy atom. The summed E-state index contributed by atoms with van der Waals surface area (Å²) in [5.41, 5.74) is 6.02. The number of carbonyl (C=O) groups excluding carboxylic acids is 3. The summed E-state index contributed by atoms with van der Waals surface area (Å²) in [7, 11) is 0. The fourth-order valence-corrected chi connectivity index (χ4v) is 2.90. The molecular weight excluding hydrogens is 456 g/mol. The molecule has 0 aliphatic rings. The molecule has 182 valence electrons. The predicted octanol–water partition coefficient (Wildman–Crippen LogP) is -1.38. The van der Waals surface area contributed by atoms with Gasteiger partial charge in [-0.1, -0.05) is 12.1 Å². The standard InChI is InChI=1S/C20H28N4O8S/c1-10(21)17(28)24-15(9-33)19(30)23-14(8-11-2-4-12(25)5-3-11)18(29)22-13(20(31)32)6-7-16(26)27/h2-5,10,13-15,25,33H,6-9,21H2,1H3,(H,22,29)(H,23,30)(H,24,28)(H,26,27)(H,31,32). The first kappa shape index (κ1) is 27.7. The number of carboxylic acid groups (broad SMARTS) is 2. The van der Waals surface area contributed by atoms with Crippen LogP contribution in [0.4, 0.5) is 0 Å². The minimum Gasteiger partial charge on any atom is -0.508 e. The van der Waals surface area contributed by atoms with Crippen molar-refractivity contribution in [1.82, 2.24) is 16.0 Å². The van der Waals surface area contributed by atoms with Crippen LogP contribution in [0.25, 0.3) is 0 Å². The highest BCUT2D eigenvalue weighted by Gasteiger charge is 2.30. The molecule has 3 amide bonds. The molecule has 4 atom stereocenters. The van der Waals surface area contributed by atoms with Gasteiger partial charge >= 0.3 is 11.9 Å². The molecule has 12 nitrogen and oxygen atoms in total. The van der Waals surface area contributed by atoms with Crippen LogP contribution in [0.3, 0.4) is 0 Å². The molecule has 0 fully saturated rings. The number of rotatable bonds is 13. The van der Waals surface area contributed by atoms with E-state index in [1.807, 2.05) is 0 Å². The first-order valence-electron chi connectivity index (χ1n) is 9.94. The van der Waals surface area contributed by atoms with Gasteiger partial charge in [-0.3, -0.25) is 19.2 Å². The number of hydrogen-bond acceptors (Lipinski definition) is 8. The summed E-state index contributed by atoms with van der Waals surface area (Å²) in [5, 5.41) is 34.6. The van der Waals surface area contributed by atoms with Crippen molar-refractivity contribution in [2.24, 2.45) is 5.73 Å². The third-order valence-corrected chi connectivity index (χ3v) is 4.86. The molecule has 0 bridgehead atoms. The van der Waals surface area contributed by atoms with Crippen molar-refractivity contribution in [3.05, 3.63) is 29.8 Å². The summed E-state index contributed by atoms with van der Waals surface area (Å²) < 4.78 is 0. The molecule has 13 heteroatoms. The normalized spacial score (nSPS) is 14.3. The Balaban J connectivity index is 3.06. The van der Waals surface area contributed by atoms with Crippen molar-refractivity contribution in [3.63, 3.8) is 0 Å². The first-order chi connectivity index (χ1) is 15.4. The van der Waals surface area contributed by atoms with Crippen molar-refractivity contribution in [2.45, 2.75) is 50.4 Å². The van der Waals surface area contributed by atoms with Gasteiger partial charge in [-0.2, -0.15) is 12.6 Å². The molecule has 0 saturated heterocycles. The summed E-state index contributed by atoms with van der Waals surface area (Å²) in [6.07, 6.45) is -0.930. The van der Waals surface area contributed by atoms with Crippen LogP contribution in [0, 0.1) is 0 Å². The number of hydrogen-bond donors (Lipinski definition) is 8. The lowest BCUT2D eigenvalue weighted by atomic mass is 10.0. The molecule has 0 aliphatic heterocycles. The maximum Gasteiger partial charge on any atom is 0.326 e. The average Bonchev–Trinajstić information content (AvgIpc) is 2.74. The zero-order valence-electron chi connectivity index (χ0n) is 17.9. The van der Waals surface area contributed by atoms with Crippen molar-refractivity contribution in [2.75, 3.05) is 5.75 Å². The maximum absolute atomic E-state index is 12.8. The number of thiol groups is 1.